The lowest BCUT2D eigenvalue weighted by molar-refractivity contribution is 0.0245. The van der Waals surface area contributed by atoms with Crippen LogP contribution >= 0.6 is 0 Å². The molecule has 11 heavy (non-hydrogen) atoms. The Morgan fingerprint density at radius 1 is 1.27 bits per heavy atom. The first-order valence-electron chi connectivity index (χ1n) is 3.25. The summed E-state index contributed by atoms with van der Waals surface area (Å²) in [6.07, 6.45) is 2.12. The Labute approximate surface area is 66.0 Å². The van der Waals surface area contributed by atoms with Gasteiger partial charge in [-0.2, -0.15) is 0 Å². The summed E-state index contributed by atoms with van der Waals surface area (Å²) in [5, 5.41) is 0. The molecule has 0 atom stereocenters. The van der Waals surface area contributed by atoms with Crippen molar-refractivity contribution in [3.05, 3.63) is 36.4 Å². The van der Waals surface area contributed by atoms with E-state index in [4.69, 9.17) is 9.47 Å². The highest BCUT2D eigenvalue weighted by Gasteiger charge is 2.10. The van der Waals surface area contributed by atoms with Crippen molar-refractivity contribution in [2.24, 2.45) is 0 Å². The van der Waals surface area contributed by atoms with Gasteiger partial charge in [0.1, 0.15) is 5.69 Å². The minimum absolute atomic E-state index is 0.436. The maximum atomic E-state index is 4.92. The van der Waals surface area contributed by atoms with Crippen molar-refractivity contribution >= 4 is 0 Å². The molecule has 0 saturated heterocycles. The van der Waals surface area contributed by atoms with Crippen LogP contribution < -0.4 is 0 Å². The van der Waals surface area contributed by atoms with Gasteiger partial charge in [0.25, 0.3) is 6.29 Å². The summed E-state index contributed by atoms with van der Waals surface area (Å²) in [6.45, 7) is 0. The molecule has 1 radical (unpaired) electrons. The quantitative estimate of drug-likeness (QED) is 0.652. The molecule has 3 heteroatoms. The lowest BCUT2D eigenvalue weighted by Gasteiger charge is -2.08. The molecule has 0 bridgehead atoms. The summed E-state index contributed by atoms with van der Waals surface area (Å²) < 4.78 is 9.83. The van der Waals surface area contributed by atoms with Gasteiger partial charge in [0.2, 0.25) is 0 Å². The van der Waals surface area contributed by atoms with Crippen molar-refractivity contribution in [1.29, 1.82) is 0 Å². The molecule has 0 saturated carbocycles. The highest BCUT2D eigenvalue weighted by Crippen LogP contribution is 2.11. The Kier molecular flexibility index (Phi) is 3.01. The third kappa shape index (κ3) is 2.00. The molecule has 1 heterocycles. The molecule has 0 amide bonds. The van der Waals surface area contributed by atoms with E-state index in [1.807, 2.05) is 18.2 Å². The molecular weight excluding hydrogens is 142 g/mol. The minimum atomic E-state index is 0.436. The van der Waals surface area contributed by atoms with Crippen LogP contribution in [0.15, 0.2) is 24.4 Å². The van der Waals surface area contributed by atoms with Gasteiger partial charge in [0, 0.05) is 20.4 Å². The molecule has 0 aliphatic carbocycles. The van der Waals surface area contributed by atoms with Crippen molar-refractivity contribution in [2.75, 3.05) is 14.2 Å². The fourth-order valence-electron chi connectivity index (χ4n) is 0.776. The second-order valence-corrected chi connectivity index (χ2v) is 1.91. The van der Waals surface area contributed by atoms with Crippen molar-refractivity contribution in [3.63, 3.8) is 0 Å². The first kappa shape index (κ1) is 8.17. The summed E-state index contributed by atoms with van der Waals surface area (Å²) in [5.41, 5.74) is 0.706. The number of ether oxygens (including phenoxy) is 2. The molecule has 0 unspecified atom stereocenters. The standard InChI is InChI=1S/C8H10NO2/c1-10-8(11-2)7-5-3-4-6-9-7/h3-6H,1-2H3. The fraction of sp³-hybridized carbons (Fsp3) is 0.250. The third-order valence-electron chi connectivity index (χ3n) is 1.24. The van der Waals surface area contributed by atoms with Gasteiger partial charge in [-0.25, -0.2) is 0 Å². The van der Waals surface area contributed by atoms with Crippen LogP contribution in [0.3, 0.4) is 0 Å². The normalized spacial score (nSPS) is 10.5. The summed E-state index contributed by atoms with van der Waals surface area (Å²) in [4.78, 5) is 4.03. The maximum absolute atomic E-state index is 4.92. The van der Waals surface area contributed by atoms with E-state index in [0.717, 1.165) is 0 Å². The summed E-state index contributed by atoms with van der Waals surface area (Å²) in [6, 6.07) is 5.54. The second kappa shape index (κ2) is 4.05. The second-order valence-electron chi connectivity index (χ2n) is 1.91. The smallest absolute Gasteiger partial charge is 0.274 e. The molecular formula is C8H10NO2. The van der Waals surface area contributed by atoms with Gasteiger partial charge < -0.3 is 9.47 Å². The zero-order valence-electron chi connectivity index (χ0n) is 6.57. The lowest BCUT2D eigenvalue weighted by atomic mass is 10.3. The number of aromatic nitrogens is 1. The van der Waals surface area contributed by atoms with E-state index in [0.29, 0.717) is 12.0 Å². The number of pyridine rings is 1. The zero-order valence-corrected chi connectivity index (χ0v) is 6.57. The summed E-state index contributed by atoms with van der Waals surface area (Å²) in [7, 11) is 3.10. The number of methoxy groups -OCH3 is 2. The summed E-state index contributed by atoms with van der Waals surface area (Å²) >= 11 is 0. The average Bonchev–Trinajstić information content (AvgIpc) is 2.09. The van der Waals surface area contributed by atoms with Crippen LogP contribution in [-0.2, 0) is 9.47 Å². The van der Waals surface area contributed by atoms with Gasteiger partial charge in [-0.3, -0.25) is 4.98 Å². The average molecular weight is 152 g/mol. The predicted molar refractivity (Wildman–Crippen MR) is 40.6 cm³/mol. The molecule has 1 rings (SSSR count). The molecule has 0 aromatic carbocycles. The van der Waals surface area contributed by atoms with Gasteiger partial charge >= 0.3 is 0 Å². The summed E-state index contributed by atoms with van der Waals surface area (Å²) in [5.74, 6) is 0. The van der Waals surface area contributed by atoms with Crippen LogP contribution in [0.4, 0.5) is 0 Å². The minimum Gasteiger partial charge on any atom is -0.344 e. The van der Waals surface area contributed by atoms with E-state index in [-0.39, 0.29) is 0 Å². The SMILES string of the molecule is CO[C](OC)c1ccccn1. The number of hydrogen-bond acceptors (Lipinski definition) is 3. The highest BCUT2D eigenvalue weighted by atomic mass is 16.7. The third-order valence-corrected chi connectivity index (χ3v) is 1.24. The zero-order chi connectivity index (χ0) is 8.10. The van der Waals surface area contributed by atoms with Crippen LogP contribution in [0, 0.1) is 6.29 Å². The Morgan fingerprint density at radius 2 is 2.00 bits per heavy atom. The van der Waals surface area contributed by atoms with Gasteiger partial charge in [-0.1, -0.05) is 6.07 Å². The van der Waals surface area contributed by atoms with E-state index in [1.165, 1.54) is 0 Å². The van der Waals surface area contributed by atoms with Gasteiger partial charge in [-0.15, -0.1) is 0 Å². The lowest BCUT2D eigenvalue weighted by Crippen LogP contribution is -2.06. The van der Waals surface area contributed by atoms with E-state index in [2.05, 4.69) is 4.98 Å². The van der Waals surface area contributed by atoms with Crippen molar-refractivity contribution in [1.82, 2.24) is 4.98 Å². The highest BCUT2D eigenvalue weighted by molar-refractivity contribution is 5.13. The topological polar surface area (TPSA) is 31.4 Å². The molecule has 0 N–H and O–H groups in total. The van der Waals surface area contributed by atoms with Crippen LogP contribution in [0.2, 0.25) is 0 Å². The molecule has 0 aliphatic heterocycles. The Morgan fingerprint density at radius 3 is 2.45 bits per heavy atom. The first-order chi connectivity index (χ1) is 5.38. The van der Waals surface area contributed by atoms with E-state index < -0.39 is 0 Å². The van der Waals surface area contributed by atoms with Crippen molar-refractivity contribution in [3.8, 4) is 0 Å². The Hall–Kier alpha value is -0.930. The van der Waals surface area contributed by atoms with Crippen LogP contribution in [-0.4, -0.2) is 19.2 Å². The van der Waals surface area contributed by atoms with Crippen LogP contribution in [0.1, 0.15) is 5.69 Å². The molecule has 0 spiro atoms. The monoisotopic (exact) mass is 152 g/mol. The first-order valence-corrected chi connectivity index (χ1v) is 3.25. The van der Waals surface area contributed by atoms with E-state index >= 15 is 0 Å². The molecule has 59 valence electrons. The van der Waals surface area contributed by atoms with Crippen molar-refractivity contribution < 1.29 is 9.47 Å². The predicted octanol–water partition coefficient (Wildman–Crippen LogP) is 1.21. The van der Waals surface area contributed by atoms with Crippen molar-refractivity contribution in [2.45, 2.75) is 0 Å². The number of hydrogen-bond donors (Lipinski definition) is 0. The largest absolute Gasteiger partial charge is 0.344 e. The molecule has 1 aromatic heterocycles. The molecule has 0 aliphatic rings. The molecule has 1 aromatic rings. The van der Waals surface area contributed by atoms with E-state index in [1.54, 1.807) is 20.4 Å². The van der Waals surface area contributed by atoms with Gasteiger partial charge in [-0.05, 0) is 12.1 Å². The molecule has 0 fully saturated rings. The van der Waals surface area contributed by atoms with Crippen LogP contribution in [0.5, 0.6) is 0 Å². The Bertz CT molecular complexity index is 197. The number of rotatable bonds is 3. The van der Waals surface area contributed by atoms with E-state index in [9.17, 15) is 0 Å². The maximum Gasteiger partial charge on any atom is 0.274 e. The van der Waals surface area contributed by atoms with Gasteiger partial charge in [0.15, 0.2) is 0 Å². The Balaban J connectivity index is 2.74. The van der Waals surface area contributed by atoms with Gasteiger partial charge in [0.05, 0.1) is 0 Å². The van der Waals surface area contributed by atoms with Crippen LogP contribution in [0.25, 0.3) is 0 Å². The fourth-order valence-corrected chi connectivity index (χ4v) is 0.776. The number of nitrogens with zero attached hydrogens (tertiary/aromatic N) is 1. The molecule has 3 nitrogen and oxygen atoms in total.